The lowest BCUT2D eigenvalue weighted by Crippen LogP contribution is -2.51. The first kappa shape index (κ1) is 19.2. The molecule has 6 nitrogen and oxygen atoms in total. The number of benzene rings is 1. The van der Waals surface area contributed by atoms with E-state index in [1.165, 1.54) is 19.2 Å². The molecule has 1 fully saturated rings. The molecule has 0 unspecified atom stereocenters. The molecule has 25 heavy (non-hydrogen) atoms. The van der Waals surface area contributed by atoms with E-state index in [-0.39, 0.29) is 23.9 Å². The van der Waals surface area contributed by atoms with Crippen molar-refractivity contribution in [3.05, 3.63) is 35.6 Å². The number of carbonyl (C=O) groups is 2. The lowest BCUT2D eigenvalue weighted by Gasteiger charge is -2.35. The van der Waals surface area contributed by atoms with E-state index in [1.807, 2.05) is 18.7 Å². The lowest BCUT2D eigenvalue weighted by atomic mass is 10.1. The largest absolute Gasteiger partial charge is 0.453 e. The van der Waals surface area contributed by atoms with E-state index in [0.29, 0.717) is 39.3 Å². The van der Waals surface area contributed by atoms with Gasteiger partial charge in [-0.15, -0.1) is 0 Å². The maximum absolute atomic E-state index is 13.1. The number of methoxy groups -OCH3 is 1. The molecule has 1 aromatic rings. The molecule has 0 aliphatic carbocycles. The van der Waals surface area contributed by atoms with Gasteiger partial charge in [0.15, 0.2) is 0 Å². The molecule has 1 atom stereocenters. The van der Waals surface area contributed by atoms with Gasteiger partial charge in [-0.2, -0.15) is 0 Å². The van der Waals surface area contributed by atoms with Gasteiger partial charge in [0.05, 0.1) is 19.7 Å². The number of halogens is 1. The molecule has 0 saturated carbocycles. The first-order valence-corrected chi connectivity index (χ1v) is 8.56. The van der Waals surface area contributed by atoms with E-state index >= 15 is 0 Å². The fourth-order valence-electron chi connectivity index (χ4n) is 3.09. The van der Waals surface area contributed by atoms with Crippen molar-refractivity contribution in [1.82, 2.24) is 14.7 Å². The number of carbonyl (C=O) groups excluding carboxylic acids is 2. The van der Waals surface area contributed by atoms with Crippen LogP contribution in [0.25, 0.3) is 0 Å². The molecular weight excluding hydrogens is 325 g/mol. The highest BCUT2D eigenvalue weighted by Gasteiger charge is 2.26. The third kappa shape index (κ3) is 4.92. The molecule has 1 aliphatic rings. The molecule has 2 amide bonds. The van der Waals surface area contributed by atoms with Crippen LogP contribution in [0.15, 0.2) is 24.3 Å². The monoisotopic (exact) mass is 351 g/mol. The van der Waals surface area contributed by atoms with Crippen molar-refractivity contribution in [2.45, 2.75) is 19.9 Å². The van der Waals surface area contributed by atoms with Gasteiger partial charge in [0, 0.05) is 32.7 Å². The van der Waals surface area contributed by atoms with E-state index in [0.717, 1.165) is 5.56 Å². The van der Waals surface area contributed by atoms with Gasteiger partial charge in [0.2, 0.25) is 5.91 Å². The summed E-state index contributed by atoms with van der Waals surface area (Å²) in [6.07, 6.45) is -0.328. The van der Waals surface area contributed by atoms with Crippen LogP contribution in [-0.2, 0) is 9.53 Å². The summed E-state index contributed by atoms with van der Waals surface area (Å²) < 4.78 is 17.8. The van der Waals surface area contributed by atoms with E-state index in [2.05, 4.69) is 0 Å². The lowest BCUT2D eigenvalue weighted by molar-refractivity contribution is -0.134. The second kappa shape index (κ2) is 8.80. The Morgan fingerprint density at radius 3 is 2.32 bits per heavy atom. The Labute approximate surface area is 148 Å². The summed E-state index contributed by atoms with van der Waals surface area (Å²) in [6.45, 7) is 7.18. The molecule has 7 heteroatoms. The van der Waals surface area contributed by atoms with E-state index in [4.69, 9.17) is 4.74 Å². The minimum atomic E-state index is -0.328. The minimum Gasteiger partial charge on any atom is -0.453 e. The van der Waals surface area contributed by atoms with E-state index in [9.17, 15) is 14.0 Å². The van der Waals surface area contributed by atoms with Crippen molar-refractivity contribution < 1.29 is 18.7 Å². The maximum atomic E-state index is 13.1. The van der Waals surface area contributed by atoms with Crippen molar-refractivity contribution in [1.29, 1.82) is 0 Å². The number of likely N-dealkylation sites (N-methyl/N-ethyl adjacent to an activating group) is 1. The molecule has 0 bridgehead atoms. The van der Waals surface area contributed by atoms with Gasteiger partial charge in [-0.1, -0.05) is 12.1 Å². The molecular formula is C18H26FN3O3. The van der Waals surface area contributed by atoms with Crippen LogP contribution in [0.3, 0.4) is 0 Å². The standard InChI is InChI=1S/C18H26FN3O3/c1-4-22(14(2)15-5-7-16(19)8-6-15)17(23)13-20-9-11-21(12-10-20)18(24)25-3/h5-8,14H,4,9-13H2,1-3H3/t14-/m1/s1. The average Bonchev–Trinajstić information content (AvgIpc) is 2.62. The fraction of sp³-hybridized carbons (Fsp3) is 0.556. The predicted molar refractivity (Wildman–Crippen MR) is 92.6 cm³/mol. The number of rotatable bonds is 5. The van der Waals surface area contributed by atoms with Gasteiger partial charge in [-0.25, -0.2) is 9.18 Å². The molecule has 0 aromatic heterocycles. The van der Waals surface area contributed by atoms with Crippen LogP contribution >= 0.6 is 0 Å². The van der Waals surface area contributed by atoms with Crippen LogP contribution < -0.4 is 0 Å². The van der Waals surface area contributed by atoms with Gasteiger partial charge in [-0.05, 0) is 31.5 Å². The zero-order chi connectivity index (χ0) is 18.4. The number of hydrogen-bond donors (Lipinski definition) is 0. The Morgan fingerprint density at radius 1 is 1.20 bits per heavy atom. The Balaban J connectivity index is 1.92. The Bertz CT molecular complexity index is 586. The van der Waals surface area contributed by atoms with Gasteiger partial charge >= 0.3 is 6.09 Å². The van der Waals surface area contributed by atoms with Gasteiger partial charge in [0.1, 0.15) is 5.82 Å². The highest BCUT2D eigenvalue weighted by molar-refractivity contribution is 5.78. The fourth-order valence-corrected chi connectivity index (χ4v) is 3.09. The van der Waals surface area contributed by atoms with Crippen LogP contribution in [-0.4, -0.2) is 73.1 Å². The third-order valence-corrected chi connectivity index (χ3v) is 4.64. The first-order chi connectivity index (χ1) is 12.0. The van der Waals surface area contributed by atoms with Crippen LogP contribution in [0.2, 0.25) is 0 Å². The highest BCUT2D eigenvalue weighted by atomic mass is 19.1. The van der Waals surface area contributed by atoms with Crippen molar-refractivity contribution in [2.24, 2.45) is 0 Å². The third-order valence-electron chi connectivity index (χ3n) is 4.64. The Hall–Kier alpha value is -2.15. The summed E-state index contributed by atoms with van der Waals surface area (Å²) in [5.74, 6) is -0.250. The number of nitrogens with zero attached hydrogens (tertiary/aromatic N) is 3. The molecule has 0 radical (unpaired) electrons. The normalized spacial score (nSPS) is 16.4. The minimum absolute atomic E-state index is 0.0332. The second-order valence-corrected chi connectivity index (χ2v) is 6.14. The van der Waals surface area contributed by atoms with Crippen molar-refractivity contribution in [3.8, 4) is 0 Å². The van der Waals surface area contributed by atoms with Crippen LogP contribution in [0.5, 0.6) is 0 Å². The molecule has 1 aromatic carbocycles. The van der Waals surface area contributed by atoms with Crippen LogP contribution in [0, 0.1) is 5.82 Å². The second-order valence-electron chi connectivity index (χ2n) is 6.14. The molecule has 2 rings (SSSR count). The van der Waals surface area contributed by atoms with Gasteiger partial charge in [0.25, 0.3) is 0 Å². The molecule has 0 N–H and O–H groups in total. The number of ether oxygens (including phenoxy) is 1. The summed E-state index contributed by atoms with van der Waals surface area (Å²) in [7, 11) is 1.37. The van der Waals surface area contributed by atoms with E-state index < -0.39 is 0 Å². The van der Waals surface area contributed by atoms with E-state index in [1.54, 1.807) is 21.9 Å². The summed E-state index contributed by atoms with van der Waals surface area (Å²) in [5, 5.41) is 0. The van der Waals surface area contributed by atoms with Crippen molar-refractivity contribution in [3.63, 3.8) is 0 Å². The number of piperazine rings is 1. The molecule has 138 valence electrons. The Kier molecular flexibility index (Phi) is 6.75. The van der Waals surface area contributed by atoms with Gasteiger partial charge in [-0.3, -0.25) is 9.69 Å². The summed E-state index contributed by atoms with van der Waals surface area (Å²) in [5.41, 5.74) is 0.909. The highest BCUT2D eigenvalue weighted by Crippen LogP contribution is 2.20. The zero-order valence-electron chi connectivity index (χ0n) is 15.1. The summed E-state index contributed by atoms with van der Waals surface area (Å²) in [4.78, 5) is 29.7. The topological polar surface area (TPSA) is 53.1 Å². The van der Waals surface area contributed by atoms with Crippen LogP contribution in [0.4, 0.5) is 9.18 Å². The SMILES string of the molecule is CCN(C(=O)CN1CCN(C(=O)OC)CC1)[C@H](C)c1ccc(F)cc1. The summed E-state index contributed by atoms with van der Waals surface area (Å²) >= 11 is 0. The van der Waals surface area contributed by atoms with Crippen LogP contribution in [0.1, 0.15) is 25.5 Å². The molecule has 1 saturated heterocycles. The quantitative estimate of drug-likeness (QED) is 0.815. The average molecular weight is 351 g/mol. The molecule has 1 heterocycles. The first-order valence-electron chi connectivity index (χ1n) is 8.56. The number of hydrogen-bond acceptors (Lipinski definition) is 4. The Morgan fingerprint density at radius 2 is 1.80 bits per heavy atom. The molecule has 0 spiro atoms. The van der Waals surface area contributed by atoms with Gasteiger partial charge < -0.3 is 14.5 Å². The summed E-state index contributed by atoms with van der Waals surface area (Å²) in [6, 6.07) is 6.14. The predicted octanol–water partition coefficient (Wildman–Crippen LogP) is 2.12. The smallest absolute Gasteiger partial charge is 0.409 e. The zero-order valence-corrected chi connectivity index (χ0v) is 15.1. The maximum Gasteiger partial charge on any atom is 0.409 e. The molecule has 1 aliphatic heterocycles. The van der Waals surface area contributed by atoms with Crippen molar-refractivity contribution in [2.75, 3.05) is 46.4 Å². The van der Waals surface area contributed by atoms with Crippen molar-refractivity contribution >= 4 is 12.0 Å². The number of amides is 2.